The third-order valence-corrected chi connectivity index (χ3v) is 5.90. The van der Waals surface area contributed by atoms with Crippen LogP contribution in [0.5, 0.6) is 0 Å². The zero-order chi connectivity index (χ0) is 18.3. The number of nitrogens with one attached hydrogen (secondary N) is 2. The van der Waals surface area contributed by atoms with Gasteiger partial charge in [-0.15, -0.1) is 0 Å². The molecular formula is C19H30BrN3O2. The summed E-state index contributed by atoms with van der Waals surface area (Å²) >= 11 is 3.47. The van der Waals surface area contributed by atoms with Crippen LogP contribution in [0.2, 0.25) is 0 Å². The molecule has 0 spiro atoms. The number of nitrogens with two attached hydrogens (primary N) is 1. The summed E-state index contributed by atoms with van der Waals surface area (Å²) in [6, 6.07) is 3.62. The lowest BCUT2D eigenvalue weighted by Crippen LogP contribution is -2.45. The van der Waals surface area contributed by atoms with Crippen molar-refractivity contribution >= 4 is 27.5 Å². The summed E-state index contributed by atoms with van der Waals surface area (Å²) in [5, 5.41) is 15.4. The van der Waals surface area contributed by atoms with Gasteiger partial charge in [-0.25, -0.2) is 0 Å². The summed E-state index contributed by atoms with van der Waals surface area (Å²) in [6.07, 6.45) is 7.92. The van der Waals surface area contributed by atoms with Crippen LogP contribution in [0.3, 0.4) is 0 Å². The van der Waals surface area contributed by atoms with Gasteiger partial charge in [0.25, 0.3) is 5.91 Å². The third kappa shape index (κ3) is 5.43. The molecule has 6 heteroatoms. The van der Waals surface area contributed by atoms with Gasteiger partial charge in [-0.05, 0) is 59.3 Å². The molecule has 1 aromatic rings. The molecule has 5 nitrogen and oxygen atoms in total. The Labute approximate surface area is 158 Å². The van der Waals surface area contributed by atoms with E-state index >= 15 is 0 Å². The second-order valence-corrected chi connectivity index (χ2v) is 7.77. The molecule has 0 unspecified atom stereocenters. The van der Waals surface area contributed by atoms with Crippen molar-refractivity contribution in [3.8, 4) is 0 Å². The molecule has 1 saturated carbocycles. The third-order valence-electron chi connectivity index (χ3n) is 5.24. The molecule has 0 radical (unpaired) electrons. The van der Waals surface area contributed by atoms with E-state index in [9.17, 15) is 4.79 Å². The largest absolute Gasteiger partial charge is 0.398 e. The number of aliphatic hydroxyl groups is 1. The average molecular weight is 412 g/mol. The van der Waals surface area contributed by atoms with E-state index in [-0.39, 0.29) is 18.1 Å². The molecule has 1 fully saturated rings. The van der Waals surface area contributed by atoms with Crippen LogP contribution >= 0.6 is 15.9 Å². The monoisotopic (exact) mass is 411 g/mol. The molecule has 0 atom stereocenters. The van der Waals surface area contributed by atoms with Crippen molar-refractivity contribution in [1.29, 1.82) is 0 Å². The van der Waals surface area contributed by atoms with Crippen LogP contribution in [0.4, 0.5) is 5.69 Å². The van der Waals surface area contributed by atoms with E-state index in [1.807, 2.05) is 6.07 Å². The molecule has 0 saturated heterocycles. The van der Waals surface area contributed by atoms with Gasteiger partial charge in [0.15, 0.2) is 0 Å². The minimum absolute atomic E-state index is 0.0694. The molecule has 5 N–H and O–H groups in total. The predicted octanol–water partition coefficient (Wildman–Crippen LogP) is 3.35. The number of aliphatic hydroxyl groups excluding tert-OH is 1. The molecule has 0 aromatic heterocycles. The fraction of sp³-hybridized carbons (Fsp3) is 0.632. The Morgan fingerprint density at radius 3 is 2.68 bits per heavy atom. The highest BCUT2D eigenvalue weighted by Gasteiger charge is 2.29. The topological polar surface area (TPSA) is 87.4 Å². The van der Waals surface area contributed by atoms with E-state index < -0.39 is 0 Å². The standard InChI is InChI=1S/C19H30BrN3O2/c1-2-19(7-4-3-5-8-19)23-13-15-11-14(12-16(20)17(15)21)18(25)22-9-6-10-24/h11-12,23-24H,2-10,13,21H2,1H3,(H,22,25). The molecule has 25 heavy (non-hydrogen) atoms. The maximum absolute atomic E-state index is 12.3. The Morgan fingerprint density at radius 2 is 2.04 bits per heavy atom. The van der Waals surface area contributed by atoms with E-state index in [0.29, 0.717) is 30.8 Å². The maximum atomic E-state index is 12.3. The van der Waals surface area contributed by atoms with Gasteiger partial charge in [0.2, 0.25) is 0 Å². The van der Waals surface area contributed by atoms with Crippen LogP contribution < -0.4 is 16.4 Å². The van der Waals surface area contributed by atoms with Gasteiger partial charge < -0.3 is 21.5 Å². The lowest BCUT2D eigenvalue weighted by Gasteiger charge is -2.38. The van der Waals surface area contributed by atoms with Crippen molar-refractivity contribution in [2.75, 3.05) is 18.9 Å². The summed E-state index contributed by atoms with van der Waals surface area (Å²) in [5.74, 6) is -0.140. The second-order valence-electron chi connectivity index (χ2n) is 6.91. The Morgan fingerprint density at radius 1 is 1.32 bits per heavy atom. The minimum atomic E-state index is -0.140. The fourth-order valence-corrected chi connectivity index (χ4v) is 4.00. The van der Waals surface area contributed by atoms with Crippen LogP contribution in [0, 0.1) is 0 Å². The average Bonchev–Trinajstić information content (AvgIpc) is 2.63. The van der Waals surface area contributed by atoms with Crippen LogP contribution in [0.1, 0.15) is 67.8 Å². The normalized spacial score (nSPS) is 16.6. The quantitative estimate of drug-likeness (QED) is 0.390. The summed E-state index contributed by atoms with van der Waals surface area (Å²) in [7, 11) is 0. The van der Waals surface area contributed by atoms with Crippen molar-refractivity contribution in [3.63, 3.8) is 0 Å². The fourth-order valence-electron chi connectivity index (χ4n) is 3.50. The van der Waals surface area contributed by atoms with E-state index in [0.717, 1.165) is 16.5 Å². The number of carbonyl (C=O) groups is 1. The summed E-state index contributed by atoms with van der Waals surface area (Å²) in [5.41, 5.74) is 8.63. The number of nitrogen functional groups attached to an aromatic ring is 1. The maximum Gasteiger partial charge on any atom is 0.251 e. The van der Waals surface area contributed by atoms with Gasteiger partial charge in [0.05, 0.1) is 5.69 Å². The lowest BCUT2D eigenvalue weighted by molar-refractivity contribution is 0.0951. The van der Waals surface area contributed by atoms with Crippen molar-refractivity contribution in [2.45, 2.75) is 64.0 Å². The molecule has 140 valence electrons. The number of anilines is 1. The Hall–Kier alpha value is -1.11. The first-order chi connectivity index (χ1) is 12.0. The second kappa shape index (κ2) is 9.55. The molecule has 1 aliphatic carbocycles. The van der Waals surface area contributed by atoms with E-state index in [1.165, 1.54) is 32.1 Å². The molecule has 1 aliphatic rings. The van der Waals surface area contributed by atoms with Crippen LogP contribution in [-0.2, 0) is 6.54 Å². The molecular weight excluding hydrogens is 382 g/mol. The highest BCUT2D eigenvalue weighted by molar-refractivity contribution is 9.10. The zero-order valence-electron chi connectivity index (χ0n) is 15.0. The molecule has 1 aromatic carbocycles. The SMILES string of the molecule is CCC1(NCc2cc(C(=O)NCCCO)cc(Br)c2N)CCCCC1. The summed E-state index contributed by atoms with van der Waals surface area (Å²) < 4.78 is 0.744. The number of amides is 1. The molecule has 2 rings (SSSR count). The smallest absolute Gasteiger partial charge is 0.251 e. The summed E-state index contributed by atoms with van der Waals surface area (Å²) in [4.78, 5) is 12.3. The first-order valence-corrected chi connectivity index (χ1v) is 10.0. The number of halogens is 1. The number of hydrogen-bond donors (Lipinski definition) is 4. The Kier molecular flexibility index (Phi) is 7.72. The van der Waals surface area contributed by atoms with Gasteiger partial charge in [-0.1, -0.05) is 26.2 Å². The van der Waals surface area contributed by atoms with Crippen molar-refractivity contribution in [1.82, 2.24) is 10.6 Å². The predicted molar refractivity (Wildman–Crippen MR) is 106 cm³/mol. The van der Waals surface area contributed by atoms with Crippen molar-refractivity contribution in [3.05, 3.63) is 27.7 Å². The van der Waals surface area contributed by atoms with Crippen molar-refractivity contribution in [2.24, 2.45) is 0 Å². The van der Waals surface area contributed by atoms with E-state index in [4.69, 9.17) is 10.8 Å². The minimum Gasteiger partial charge on any atom is -0.398 e. The number of benzene rings is 1. The molecule has 0 bridgehead atoms. The van der Waals surface area contributed by atoms with E-state index in [1.54, 1.807) is 6.07 Å². The number of rotatable bonds is 8. The Balaban J connectivity index is 2.10. The highest BCUT2D eigenvalue weighted by Crippen LogP contribution is 2.32. The Bertz CT molecular complexity index is 586. The lowest BCUT2D eigenvalue weighted by atomic mass is 9.79. The highest BCUT2D eigenvalue weighted by atomic mass is 79.9. The van der Waals surface area contributed by atoms with Crippen LogP contribution in [0.15, 0.2) is 16.6 Å². The molecule has 0 heterocycles. The van der Waals surface area contributed by atoms with Gasteiger partial charge in [-0.3, -0.25) is 4.79 Å². The van der Waals surface area contributed by atoms with Gasteiger partial charge >= 0.3 is 0 Å². The number of hydrogen-bond acceptors (Lipinski definition) is 4. The number of carbonyl (C=O) groups excluding carboxylic acids is 1. The van der Waals surface area contributed by atoms with Crippen molar-refractivity contribution < 1.29 is 9.90 Å². The van der Waals surface area contributed by atoms with Gasteiger partial charge in [0.1, 0.15) is 0 Å². The van der Waals surface area contributed by atoms with Crippen LogP contribution in [0.25, 0.3) is 0 Å². The first kappa shape index (κ1) is 20.2. The van der Waals surface area contributed by atoms with Gasteiger partial charge in [-0.2, -0.15) is 0 Å². The van der Waals surface area contributed by atoms with Crippen LogP contribution in [-0.4, -0.2) is 29.7 Å². The first-order valence-electron chi connectivity index (χ1n) is 9.23. The van der Waals surface area contributed by atoms with E-state index in [2.05, 4.69) is 33.5 Å². The zero-order valence-corrected chi connectivity index (χ0v) is 16.6. The molecule has 0 aliphatic heterocycles. The summed E-state index contributed by atoms with van der Waals surface area (Å²) in [6.45, 7) is 3.43. The molecule has 1 amide bonds. The van der Waals surface area contributed by atoms with Gasteiger partial charge in [0, 0.05) is 35.3 Å².